The number of carbonyl (C=O) groups excluding carboxylic acids is 3. The molecular formula is C29H22ClFN4O3S. The van der Waals surface area contributed by atoms with Crippen molar-refractivity contribution in [2.45, 2.75) is 4.90 Å². The quantitative estimate of drug-likeness (QED) is 0.172. The second kappa shape index (κ2) is 13.4. The van der Waals surface area contributed by atoms with E-state index in [-0.39, 0.29) is 27.9 Å². The van der Waals surface area contributed by atoms with Crippen molar-refractivity contribution in [1.29, 1.82) is 0 Å². The Hall–Kier alpha value is -4.47. The minimum atomic E-state index is -0.672. The molecule has 0 atom stereocenters. The number of carbonyl (C=O) groups is 3. The molecule has 1 heterocycles. The summed E-state index contributed by atoms with van der Waals surface area (Å²) in [5.74, 6) is -1.42. The van der Waals surface area contributed by atoms with E-state index < -0.39 is 17.6 Å². The van der Waals surface area contributed by atoms with Crippen LogP contribution in [-0.2, 0) is 9.59 Å². The highest BCUT2D eigenvalue weighted by Crippen LogP contribution is 2.23. The molecule has 3 aromatic carbocycles. The van der Waals surface area contributed by atoms with Gasteiger partial charge in [0.25, 0.3) is 11.8 Å². The van der Waals surface area contributed by atoms with Gasteiger partial charge in [-0.25, -0.2) is 9.37 Å². The number of nitrogens with zero attached hydrogens (tertiary/aromatic N) is 1. The van der Waals surface area contributed by atoms with Crippen molar-refractivity contribution in [3.63, 3.8) is 0 Å². The molecule has 3 N–H and O–H groups in total. The highest BCUT2D eigenvalue weighted by Gasteiger charge is 2.17. The zero-order chi connectivity index (χ0) is 27.6. The van der Waals surface area contributed by atoms with Gasteiger partial charge in [0.15, 0.2) is 0 Å². The van der Waals surface area contributed by atoms with Crippen LogP contribution in [0.1, 0.15) is 15.9 Å². The number of benzene rings is 3. The van der Waals surface area contributed by atoms with Crippen LogP contribution < -0.4 is 16.0 Å². The van der Waals surface area contributed by atoms with Gasteiger partial charge >= 0.3 is 0 Å². The summed E-state index contributed by atoms with van der Waals surface area (Å²) in [6.07, 6.45) is 2.78. The van der Waals surface area contributed by atoms with Crippen LogP contribution in [0.15, 0.2) is 108 Å². The highest BCUT2D eigenvalue weighted by atomic mass is 35.5. The summed E-state index contributed by atoms with van der Waals surface area (Å²) < 4.78 is 14.4. The van der Waals surface area contributed by atoms with Gasteiger partial charge in [0.2, 0.25) is 5.91 Å². The van der Waals surface area contributed by atoms with Crippen molar-refractivity contribution >= 4 is 58.7 Å². The normalized spacial score (nSPS) is 11.0. The van der Waals surface area contributed by atoms with E-state index in [0.717, 1.165) is 4.90 Å². The molecule has 0 spiro atoms. The first-order valence-electron chi connectivity index (χ1n) is 11.7. The third-order valence-electron chi connectivity index (χ3n) is 5.23. The third-order valence-corrected chi connectivity index (χ3v) is 6.57. The van der Waals surface area contributed by atoms with Crippen LogP contribution in [0.3, 0.4) is 0 Å². The van der Waals surface area contributed by atoms with Gasteiger partial charge in [-0.1, -0.05) is 41.9 Å². The number of amides is 3. The molecule has 4 rings (SSSR count). The summed E-state index contributed by atoms with van der Waals surface area (Å²) in [6, 6.07) is 24.5. The maximum Gasteiger partial charge on any atom is 0.272 e. The lowest BCUT2D eigenvalue weighted by atomic mass is 10.1. The first-order chi connectivity index (χ1) is 18.9. The fraction of sp³-hybridized carbons (Fsp3) is 0.0345. The molecule has 0 aliphatic heterocycles. The average molecular weight is 561 g/mol. The van der Waals surface area contributed by atoms with Crippen LogP contribution >= 0.6 is 23.4 Å². The SMILES string of the molecule is O=C(CSc1ccc(NC(=O)/C(=C/c2c(F)cccc2Cl)NC(=O)c2ccccc2)cc1)Nc1ccccn1. The van der Waals surface area contributed by atoms with Gasteiger partial charge in [-0.05, 0) is 66.7 Å². The summed E-state index contributed by atoms with van der Waals surface area (Å²) in [4.78, 5) is 42.9. The molecule has 3 amide bonds. The van der Waals surface area contributed by atoms with Crippen LogP contribution in [0, 0.1) is 5.82 Å². The van der Waals surface area contributed by atoms with Crippen molar-refractivity contribution in [2.24, 2.45) is 0 Å². The van der Waals surface area contributed by atoms with Crippen molar-refractivity contribution in [3.05, 3.63) is 125 Å². The van der Waals surface area contributed by atoms with E-state index in [4.69, 9.17) is 11.6 Å². The van der Waals surface area contributed by atoms with Crippen molar-refractivity contribution in [3.8, 4) is 0 Å². The van der Waals surface area contributed by atoms with Crippen LogP contribution in [0.25, 0.3) is 6.08 Å². The molecular weight excluding hydrogens is 539 g/mol. The summed E-state index contributed by atoms with van der Waals surface area (Å²) >= 11 is 7.46. The molecule has 0 unspecified atom stereocenters. The zero-order valence-electron chi connectivity index (χ0n) is 20.4. The first-order valence-corrected chi connectivity index (χ1v) is 13.0. The Kier molecular flexibility index (Phi) is 9.44. The topological polar surface area (TPSA) is 100 Å². The first kappa shape index (κ1) is 27.6. The van der Waals surface area contributed by atoms with Crippen molar-refractivity contribution in [1.82, 2.24) is 10.3 Å². The number of hydrogen-bond donors (Lipinski definition) is 3. The third kappa shape index (κ3) is 8.00. The Balaban J connectivity index is 1.44. The second-order valence-corrected chi connectivity index (χ2v) is 9.50. The Bertz CT molecular complexity index is 1480. The number of halogens is 2. The van der Waals surface area contributed by atoms with Gasteiger partial charge < -0.3 is 16.0 Å². The lowest BCUT2D eigenvalue weighted by Gasteiger charge is -2.12. The minimum absolute atomic E-state index is 0.0339. The van der Waals surface area contributed by atoms with Crippen LogP contribution in [0.2, 0.25) is 5.02 Å². The average Bonchev–Trinajstić information content (AvgIpc) is 2.95. The number of thioether (sulfide) groups is 1. The van der Waals surface area contributed by atoms with E-state index in [1.165, 1.54) is 36.0 Å². The fourth-order valence-electron chi connectivity index (χ4n) is 3.33. The predicted molar refractivity (Wildman–Crippen MR) is 152 cm³/mol. The van der Waals surface area contributed by atoms with E-state index >= 15 is 0 Å². The number of aromatic nitrogens is 1. The molecule has 1 aromatic heterocycles. The number of hydrogen-bond acceptors (Lipinski definition) is 5. The molecule has 0 radical (unpaired) electrons. The lowest BCUT2D eigenvalue weighted by molar-refractivity contribution is -0.114. The van der Waals surface area contributed by atoms with Gasteiger partial charge in [0, 0.05) is 27.9 Å². The molecule has 10 heteroatoms. The predicted octanol–water partition coefficient (Wildman–Crippen LogP) is 6.01. The van der Waals surface area contributed by atoms with Gasteiger partial charge in [-0.3, -0.25) is 14.4 Å². The van der Waals surface area contributed by atoms with Gasteiger partial charge in [-0.15, -0.1) is 11.8 Å². The molecule has 7 nitrogen and oxygen atoms in total. The van der Waals surface area contributed by atoms with E-state index in [0.29, 0.717) is 17.1 Å². The van der Waals surface area contributed by atoms with Crippen LogP contribution in [-0.4, -0.2) is 28.5 Å². The van der Waals surface area contributed by atoms with Gasteiger partial charge in [0.05, 0.1) is 10.8 Å². The molecule has 196 valence electrons. The highest BCUT2D eigenvalue weighted by molar-refractivity contribution is 8.00. The molecule has 0 fully saturated rings. The lowest BCUT2D eigenvalue weighted by Crippen LogP contribution is -2.30. The van der Waals surface area contributed by atoms with Crippen molar-refractivity contribution in [2.75, 3.05) is 16.4 Å². The Labute approximate surface area is 233 Å². The summed E-state index contributed by atoms with van der Waals surface area (Å²) in [5.41, 5.74) is 0.528. The largest absolute Gasteiger partial charge is 0.321 e. The number of pyridine rings is 1. The Morgan fingerprint density at radius 1 is 0.872 bits per heavy atom. The molecule has 39 heavy (non-hydrogen) atoms. The van der Waals surface area contributed by atoms with Gasteiger partial charge in [0.1, 0.15) is 17.3 Å². The van der Waals surface area contributed by atoms with E-state index in [2.05, 4.69) is 20.9 Å². The summed E-state index contributed by atoms with van der Waals surface area (Å²) in [7, 11) is 0. The van der Waals surface area contributed by atoms with Crippen molar-refractivity contribution < 1.29 is 18.8 Å². The summed E-state index contributed by atoms with van der Waals surface area (Å²) in [5, 5.41) is 8.05. The maximum absolute atomic E-state index is 14.4. The molecule has 4 aromatic rings. The molecule has 0 bridgehead atoms. The smallest absolute Gasteiger partial charge is 0.272 e. The standard InChI is InChI=1S/C29H22ClFN4O3S/c30-23-9-6-10-24(31)22(23)17-25(34-28(37)19-7-2-1-3-8-19)29(38)33-20-12-14-21(15-13-20)39-18-27(36)35-26-11-4-5-16-32-26/h1-17H,18H2,(H,33,38)(H,34,37)(H,32,35,36)/b25-17-. The zero-order valence-corrected chi connectivity index (χ0v) is 21.9. The Morgan fingerprint density at radius 3 is 2.31 bits per heavy atom. The van der Waals surface area contributed by atoms with Crippen LogP contribution in [0.4, 0.5) is 15.9 Å². The maximum atomic E-state index is 14.4. The number of nitrogens with one attached hydrogen (secondary N) is 3. The number of anilines is 2. The monoisotopic (exact) mass is 560 g/mol. The van der Waals surface area contributed by atoms with Crippen LogP contribution in [0.5, 0.6) is 0 Å². The fourth-order valence-corrected chi connectivity index (χ4v) is 4.25. The summed E-state index contributed by atoms with van der Waals surface area (Å²) in [6.45, 7) is 0. The second-order valence-electron chi connectivity index (χ2n) is 8.04. The Morgan fingerprint density at radius 2 is 1.62 bits per heavy atom. The molecule has 0 saturated heterocycles. The van der Waals surface area contributed by atoms with E-state index in [9.17, 15) is 18.8 Å². The van der Waals surface area contributed by atoms with Gasteiger partial charge in [-0.2, -0.15) is 0 Å². The molecule has 0 saturated carbocycles. The minimum Gasteiger partial charge on any atom is -0.321 e. The van der Waals surface area contributed by atoms with E-state index in [1.807, 2.05) is 0 Å². The van der Waals surface area contributed by atoms with E-state index in [1.54, 1.807) is 79.0 Å². The number of rotatable bonds is 9. The molecule has 0 aliphatic rings. The molecule has 0 aliphatic carbocycles.